The van der Waals surface area contributed by atoms with Crippen LogP contribution in [0.4, 0.5) is 16.2 Å². The number of nitrogens with one attached hydrogen (secondary N) is 1. The Labute approximate surface area is 149 Å². The van der Waals surface area contributed by atoms with Crippen LogP contribution in [0, 0.1) is 32.1 Å². The van der Waals surface area contributed by atoms with Crippen LogP contribution < -0.4 is 4.72 Å². The highest BCUT2D eigenvalue weighted by Crippen LogP contribution is 2.28. The summed E-state index contributed by atoms with van der Waals surface area (Å²) in [5, 5.41) is 21.8. The highest BCUT2D eigenvalue weighted by Gasteiger charge is 2.31. The summed E-state index contributed by atoms with van der Waals surface area (Å²) in [7, 11) is -4.66. The SMILES string of the molecule is CC(C)C(OC(=O)NS(=O)(=O)c1ccc([N+](=O)[O-])cc1[N+](=O)[O-])C(C)C. The normalized spacial score (nSPS) is 11.7. The number of nitrogens with zero attached hydrogens (tertiary/aromatic N) is 2. The molecule has 0 spiro atoms. The van der Waals surface area contributed by atoms with Crippen molar-refractivity contribution in [2.75, 3.05) is 0 Å². The monoisotopic (exact) mass is 389 g/mol. The Morgan fingerprint density at radius 1 is 1.08 bits per heavy atom. The second-order valence-electron chi connectivity index (χ2n) is 6.13. The lowest BCUT2D eigenvalue weighted by molar-refractivity contribution is -0.396. The Morgan fingerprint density at radius 2 is 1.62 bits per heavy atom. The number of nitro benzene ring substituents is 2. The van der Waals surface area contributed by atoms with Crippen molar-refractivity contribution in [3.8, 4) is 0 Å². The zero-order chi connectivity index (χ0) is 20.2. The Bertz CT molecular complexity index is 811. The average Bonchev–Trinajstić information content (AvgIpc) is 2.50. The van der Waals surface area contributed by atoms with Gasteiger partial charge in [-0.1, -0.05) is 27.7 Å². The van der Waals surface area contributed by atoms with E-state index in [1.807, 2.05) is 0 Å². The van der Waals surface area contributed by atoms with Crippen LogP contribution in [0.1, 0.15) is 27.7 Å². The van der Waals surface area contributed by atoms with Crippen LogP contribution in [0.15, 0.2) is 23.1 Å². The van der Waals surface area contributed by atoms with E-state index in [-0.39, 0.29) is 11.8 Å². The molecule has 0 fully saturated rings. The van der Waals surface area contributed by atoms with Crippen LogP contribution in [0.25, 0.3) is 0 Å². The number of amides is 1. The lowest BCUT2D eigenvalue weighted by Crippen LogP contribution is -2.37. The smallest absolute Gasteiger partial charge is 0.421 e. The minimum absolute atomic E-state index is 0.0860. The first kappa shape index (κ1) is 21.3. The molecule has 0 saturated carbocycles. The molecular formula is C14H19N3O8S. The summed E-state index contributed by atoms with van der Waals surface area (Å²) in [5.41, 5.74) is -1.68. The van der Waals surface area contributed by atoms with Gasteiger partial charge in [0.1, 0.15) is 6.10 Å². The maximum absolute atomic E-state index is 12.3. The van der Waals surface area contributed by atoms with Crippen molar-refractivity contribution in [1.82, 2.24) is 4.72 Å². The first-order valence-corrected chi connectivity index (χ1v) is 9.01. The van der Waals surface area contributed by atoms with E-state index in [9.17, 15) is 33.4 Å². The third-order valence-corrected chi connectivity index (χ3v) is 4.77. The van der Waals surface area contributed by atoms with E-state index in [1.54, 1.807) is 32.4 Å². The molecule has 0 aromatic heterocycles. The van der Waals surface area contributed by atoms with Crippen LogP contribution in [-0.2, 0) is 14.8 Å². The van der Waals surface area contributed by atoms with Crippen LogP contribution in [0.5, 0.6) is 0 Å². The van der Waals surface area contributed by atoms with Crippen molar-refractivity contribution in [1.29, 1.82) is 0 Å². The zero-order valence-electron chi connectivity index (χ0n) is 14.5. The molecule has 0 aliphatic heterocycles. The number of nitro groups is 2. The Kier molecular flexibility index (Phi) is 6.61. The standard InChI is InChI=1S/C14H19N3O8S/c1-8(2)13(9(3)4)25-14(18)15-26(23,24)12-6-5-10(16(19)20)7-11(12)17(21)22/h5-9,13H,1-4H3,(H,15,18). The van der Waals surface area contributed by atoms with Gasteiger partial charge in [-0.15, -0.1) is 0 Å². The molecule has 12 heteroatoms. The number of carbonyl (C=O) groups is 1. The van der Waals surface area contributed by atoms with Gasteiger partial charge in [0.05, 0.1) is 15.9 Å². The van der Waals surface area contributed by atoms with Crippen LogP contribution >= 0.6 is 0 Å². The number of rotatable bonds is 7. The molecule has 1 N–H and O–H groups in total. The highest BCUT2D eigenvalue weighted by molar-refractivity contribution is 7.90. The molecule has 144 valence electrons. The van der Waals surface area contributed by atoms with Crippen LogP contribution in [0.3, 0.4) is 0 Å². The van der Waals surface area contributed by atoms with E-state index in [0.717, 1.165) is 6.07 Å². The second kappa shape index (κ2) is 8.08. The van der Waals surface area contributed by atoms with Gasteiger partial charge in [0.2, 0.25) is 0 Å². The third kappa shape index (κ3) is 5.12. The van der Waals surface area contributed by atoms with Crippen molar-refractivity contribution in [3.05, 3.63) is 38.4 Å². The molecule has 0 aliphatic carbocycles. The Hall–Kier alpha value is -2.76. The highest BCUT2D eigenvalue weighted by atomic mass is 32.2. The van der Waals surface area contributed by atoms with Gasteiger partial charge in [0, 0.05) is 6.07 Å². The molecule has 0 aliphatic rings. The van der Waals surface area contributed by atoms with Crippen molar-refractivity contribution in [3.63, 3.8) is 0 Å². The summed E-state index contributed by atoms with van der Waals surface area (Å²) < 4.78 is 31.2. The molecule has 0 heterocycles. The molecule has 26 heavy (non-hydrogen) atoms. The van der Waals surface area contributed by atoms with Crippen LogP contribution in [-0.4, -0.2) is 30.5 Å². The predicted octanol–water partition coefficient (Wildman–Crippen LogP) is 2.60. The van der Waals surface area contributed by atoms with Crippen LogP contribution in [0.2, 0.25) is 0 Å². The number of hydrogen-bond acceptors (Lipinski definition) is 8. The van der Waals surface area contributed by atoms with Gasteiger partial charge in [0.25, 0.3) is 21.4 Å². The summed E-state index contributed by atoms with van der Waals surface area (Å²) in [6, 6.07) is 1.98. The van der Waals surface area contributed by atoms with E-state index in [4.69, 9.17) is 4.74 Å². The third-order valence-electron chi connectivity index (χ3n) is 3.41. The van der Waals surface area contributed by atoms with Crippen molar-refractivity contribution in [2.24, 2.45) is 11.8 Å². The molecule has 0 saturated heterocycles. The van der Waals surface area contributed by atoms with Gasteiger partial charge in [-0.25, -0.2) is 17.9 Å². The molecule has 1 rings (SSSR count). The Morgan fingerprint density at radius 3 is 2.04 bits per heavy atom. The minimum Gasteiger partial charge on any atom is -0.445 e. The number of benzene rings is 1. The molecule has 0 radical (unpaired) electrons. The summed E-state index contributed by atoms with van der Waals surface area (Å²) in [6.45, 7) is 7.14. The molecule has 0 atom stereocenters. The summed E-state index contributed by atoms with van der Waals surface area (Å²) in [5.74, 6) is -0.172. The molecule has 1 amide bonds. The summed E-state index contributed by atoms with van der Waals surface area (Å²) in [6.07, 6.45) is -1.86. The van der Waals surface area contributed by atoms with Crippen molar-refractivity contribution < 1.29 is 27.8 Å². The fourth-order valence-electron chi connectivity index (χ4n) is 2.34. The van der Waals surface area contributed by atoms with E-state index in [2.05, 4.69) is 0 Å². The summed E-state index contributed by atoms with van der Waals surface area (Å²) >= 11 is 0. The van der Waals surface area contributed by atoms with Gasteiger partial charge < -0.3 is 4.74 Å². The molecule has 1 aromatic rings. The van der Waals surface area contributed by atoms with Gasteiger partial charge in [-0.3, -0.25) is 20.2 Å². The second-order valence-corrected chi connectivity index (χ2v) is 7.78. The zero-order valence-corrected chi connectivity index (χ0v) is 15.3. The van der Waals surface area contributed by atoms with Gasteiger partial charge in [-0.05, 0) is 17.9 Å². The number of carbonyl (C=O) groups excluding carboxylic acids is 1. The fourth-order valence-corrected chi connectivity index (χ4v) is 3.38. The molecule has 11 nitrogen and oxygen atoms in total. The van der Waals surface area contributed by atoms with Gasteiger partial charge in [-0.2, -0.15) is 0 Å². The average molecular weight is 389 g/mol. The maximum atomic E-state index is 12.3. The van der Waals surface area contributed by atoms with E-state index in [1.165, 1.54) is 0 Å². The molecule has 0 unspecified atom stereocenters. The number of sulfonamides is 1. The fraction of sp³-hybridized carbons (Fsp3) is 0.500. The quantitative estimate of drug-likeness (QED) is 0.550. The first-order valence-electron chi connectivity index (χ1n) is 7.53. The minimum atomic E-state index is -4.66. The Balaban J connectivity index is 3.16. The number of hydrogen-bond donors (Lipinski definition) is 1. The van der Waals surface area contributed by atoms with Gasteiger partial charge in [0.15, 0.2) is 4.90 Å². The lowest BCUT2D eigenvalue weighted by atomic mass is 9.96. The first-order chi connectivity index (χ1) is 11.9. The largest absolute Gasteiger partial charge is 0.445 e. The van der Waals surface area contributed by atoms with E-state index >= 15 is 0 Å². The lowest BCUT2D eigenvalue weighted by Gasteiger charge is -2.24. The van der Waals surface area contributed by atoms with Gasteiger partial charge >= 0.3 is 6.09 Å². The molecular weight excluding hydrogens is 370 g/mol. The van der Waals surface area contributed by atoms with Crippen molar-refractivity contribution in [2.45, 2.75) is 38.7 Å². The number of non-ortho nitro benzene ring substituents is 1. The number of ether oxygens (including phenoxy) is 1. The van der Waals surface area contributed by atoms with E-state index in [0.29, 0.717) is 12.1 Å². The molecule has 1 aromatic carbocycles. The summed E-state index contributed by atoms with van der Waals surface area (Å²) in [4.78, 5) is 30.8. The van der Waals surface area contributed by atoms with Crippen molar-refractivity contribution >= 4 is 27.5 Å². The molecule has 0 bridgehead atoms. The predicted molar refractivity (Wildman–Crippen MR) is 90.0 cm³/mol. The van der Waals surface area contributed by atoms with E-state index < -0.39 is 48.3 Å². The maximum Gasteiger partial charge on any atom is 0.421 e. The topological polar surface area (TPSA) is 159 Å².